The van der Waals surface area contributed by atoms with Crippen molar-refractivity contribution >= 4 is 24.5 Å². The van der Waals surface area contributed by atoms with Crippen LogP contribution in [0, 0.1) is 11.8 Å². The van der Waals surface area contributed by atoms with Gasteiger partial charge < -0.3 is 20.7 Å². The number of ether oxygens (including phenoxy) is 1. The summed E-state index contributed by atoms with van der Waals surface area (Å²) >= 11 is 4.10. The van der Waals surface area contributed by atoms with Gasteiger partial charge in [0.05, 0.1) is 0 Å². The highest BCUT2D eigenvalue weighted by molar-refractivity contribution is 7.80. The van der Waals surface area contributed by atoms with E-state index in [4.69, 9.17) is 10.5 Å². The highest BCUT2D eigenvalue weighted by atomic mass is 32.1. The molecule has 4 atom stereocenters. The van der Waals surface area contributed by atoms with Crippen LogP contribution in [-0.2, 0) is 14.3 Å². The molecule has 0 bridgehead atoms. The zero-order valence-corrected chi connectivity index (χ0v) is 18.4. The molecule has 0 spiro atoms. The van der Waals surface area contributed by atoms with Crippen molar-refractivity contribution in [3.05, 3.63) is 0 Å². The molecule has 28 heavy (non-hydrogen) atoms. The number of thiol groups is 1. The van der Waals surface area contributed by atoms with Crippen LogP contribution >= 0.6 is 12.6 Å². The van der Waals surface area contributed by atoms with E-state index in [2.05, 4.69) is 25.0 Å². The Morgan fingerprint density at radius 3 is 2.46 bits per heavy atom. The van der Waals surface area contributed by atoms with Crippen LogP contribution in [0.1, 0.15) is 52.9 Å². The number of nitrogens with zero attached hydrogens (tertiary/aromatic N) is 1. The fourth-order valence-corrected chi connectivity index (χ4v) is 2.73. The molecule has 9 heteroatoms. The summed E-state index contributed by atoms with van der Waals surface area (Å²) in [5.74, 6) is -0.930. The lowest BCUT2D eigenvalue weighted by Crippen LogP contribution is -2.56. The number of carboxylic acids is 1. The average Bonchev–Trinajstić information content (AvgIpc) is 2.66. The predicted octanol–water partition coefficient (Wildman–Crippen LogP) is 1.28. The fraction of sp³-hybridized carbons (Fsp3) is 0.895. The highest BCUT2D eigenvalue weighted by Gasteiger charge is 2.31. The minimum Gasteiger partial charge on any atom is -0.480 e. The molecule has 5 N–H and O–H groups in total. The standard InChI is InChI=1S/C19H39N3O5S/c1-4-5-6-9-27-12-15(3)14(2)10-18(24)22(21-11-16(20)13-28)17(7-8-23)19(25)26/h14-17,21,23,28H,4-13,20H2,1-3H3,(H,25,26)/t14-,15?,16?,17-/m0/s1. The summed E-state index contributed by atoms with van der Waals surface area (Å²) in [5, 5.41) is 19.8. The van der Waals surface area contributed by atoms with Crippen molar-refractivity contribution in [2.24, 2.45) is 17.6 Å². The largest absolute Gasteiger partial charge is 0.480 e. The molecule has 0 fully saturated rings. The normalized spacial score (nSPS) is 15.6. The number of carboxylic acid groups (broad SMARTS) is 1. The van der Waals surface area contributed by atoms with Gasteiger partial charge in [-0.15, -0.1) is 0 Å². The molecule has 0 aliphatic rings. The lowest BCUT2D eigenvalue weighted by atomic mass is 9.93. The van der Waals surface area contributed by atoms with Crippen LogP contribution in [0.2, 0.25) is 0 Å². The third kappa shape index (κ3) is 11.2. The monoisotopic (exact) mass is 421 g/mol. The van der Waals surface area contributed by atoms with Crippen molar-refractivity contribution in [2.75, 3.05) is 32.1 Å². The molecule has 2 unspecified atom stereocenters. The lowest BCUT2D eigenvalue weighted by Gasteiger charge is -2.31. The van der Waals surface area contributed by atoms with Crippen LogP contribution in [0.5, 0.6) is 0 Å². The maximum atomic E-state index is 12.8. The maximum absolute atomic E-state index is 12.8. The number of aliphatic hydroxyl groups excluding tert-OH is 1. The Hall–Kier alpha value is -0.870. The molecule has 0 rings (SSSR count). The first kappa shape index (κ1) is 27.1. The zero-order chi connectivity index (χ0) is 21.5. The van der Waals surface area contributed by atoms with Gasteiger partial charge in [0, 0.05) is 51.0 Å². The van der Waals surface area contributed by atoms with Crippen LogP contribution in [-0.4, -0.2) is 71.3 Å². The minimum atomic E-state index is -1.17. The molecule has 0 aliphatic heterocycles. The number of nitrogens with two attached hydrogens (primary N) is 1. The summed E-state index contributed by atoms with van der Waals surface area (Å²) in [6.07, 6.45) is 3.43. The Kier molecular flexibility index (Phi) is 15.5. The number of hydrazine groups is 1. The molecule has 166 valence electrons. The van der Waals surface area contributed by atoms with E-state index in [0.29, 0.717) is 19.0 Å². The van der Waals surface area contributed by atoms with E-state index in [-0.39, 0.29) is 49.8 Å². The van der Waals surface area contributed by atoms with Gasteiger partial charge in [0.1, 0.15) is 6.04 Å². The van der Waals surface area contributed by atoms with Gasteiger partial charge in [-0.05, 0) is 18.3 Å². The second-order valence-corrected chi connectivity index (χ2v) is 7.74. The first-order valence-corrected chi connectivity index (χ1v) is 10.7. The Morgan fingerprint density at radius 1 is 1.25 bits per heavy atom. The number of aliphatic carboxylic acids is 1. The summed E-state index contributed by atoms with van der Waals surface area (Å²) in [4.78, 5) is 24.4. The SMILES string of the molecule is CCCCCOCC(C)[C@@H](C)CC(=O)N(NCC(N)CS)[C@@H](CCO)C(=O)O. The molecule has 0 radical (unpaired) electrons. The number of unbranched alkanes of at least 4 members (excludes halogenated alkanes) is 2. The fourth-order valence-electron chi connectivity index (χ4n) is 2.60. The Bertz CT molecular complexity index is 442. The van der Waals surface area contributed by atoms with Gasteiger partial charge in [-0.3, -0.25) is 9.80 Å². The van der Waals surface area contributed by atoms with E-state index in [1.807, 2.05) is 13.8 Å². The number of hydrogen-bond donors (Lipinski definition) is 5. The van der Waals surface area contributed by atoms with Gasteiger partial charge >= 0.3 is 5.97 Å². The van der Waals surface area contributed by atoms with Crippen molar-refractivity contribution in [3.63, 3.8) is 0 Å². The molecule has 0 aliphatic carbocycles. The molecule has 0 heterocycles. The van der Waals surface area contributed by atoms with Gasteiger partial charge in [0.25, 0.3) is 0 Å². The second-order valence-electron chi connectivity index (χ2n) is 7.38. The molecule has 8 nitrogen and oxygen atoms in total. The number of hydrogen-bond acceptors (Lipinski definition) is 7. The van der Waals surface area contributed by atoms with Crippen LogP contribution in [0.4, 0.5) is 0 Å². The van der Waals surface area contributed by atoms with Crippen molar-refractivity contribution in [3.8, 4) is 0 Å². The van der Waals surface area contributed by atoms with Crippen molar-refractivity contribution < 1.29 is 24.5 Å². The second kappa shape index (κ2) is 16.0. The molecule has 0 aromatic rings. The van der Waals surface area contributed by atoms with Gasteiger partial charge in [0.2, 0.25) is 5.91 Å². The maximum Gasteiger partial charge on any atom is 0.328 e. The summed E-state index contributed by atoms with van der Waals surface area (Å²) in [6.45, 7) is 7.28. The van der Waals surface area contributed by atoms with Gasteiger partial charge in [0.15, 0.2) is 0 Å². The number of rotatable bonds is 17. The first-order chi connectivity index (χ1) is 13.3. The minimum absolute atomic E-state index is 0.0186. The molecular weight excluding hydrogens is 382 g/mol. The number of aliphatic hydroxyl groups is 1. The predicted molar refractivity (Wildman–Crippen MR) is 113 cm³/mol. The van der Waals surface area contributed by atoms with E-state index < -0.39 is 12.0 Å². The summed E-state index contributed by atoms with van der Waals surface area (Å²) in [5.41, 5.74) is 8.65. The zero-order valence-electron chi connectivity index (χ0n) is 17.5. The average molecular weight is 422 g/mol. The number of carbonyl (C=O) groups is 2. The summed E-state index contributed by atoms with van der Waals surface area (Å²) in [6, 6.07) is -1.48. The van der Waals surface area contributed by atoms with Crippen LogP contribution in [0.3, 0.4) is 0 Å². The van der Waals surface area contributed by atoms with Gasteiger partial charge in [-0.2, -0.15) is 12.6 Å². The Balaban J connectivity index is 4.83. The van der Waals surface area contributed by atoms with Crippen molar-refractivity contribution in [1.29, 1.82) is 0 Å². The lowest BCUT2D eigenvalue weighted by molar-refractivity contribution is -0.155. The summed E-state index contributed by atoms with van der Waals surface area (Å²) in [7, 11) is 0. The molecule has 0 saturated carbocycles. The van der Waals surface area contributed by atoms with Crippen molar-refractivity contribution in [2.45, 2.75) is 65.0 Å². The molecule has 0 saturated heterocycles. The number of carbonyl (C=O) groups excluding carboxylic acids is 1. The van der Waals surface area contributed by atoms with E-state index in [1.54, 1.807) is 0 Å². The molecule has 0 aromatic heterocycles. The van der Waals surface area contributed by atoms with E-state index in [0.717, 1.165) is 24.3 Å². The Labute approximate surface area is 174 Å². The topological polar surface area (TPSA) is 125 Å². The molecular formula is C19H39N3O5S. The first-order valence-electron chi connectivity index (χ1n) is 10.1. The van der Waals surface area contributed by atoms with Gasteiger partial charge in [-0.1, -0.05) is 33.6 Å². The van der Waals surface area contributed by atoms with Crippen molar-refractivity contribution in [1.82, 2.24) is 10.4 Å². The molecule has 0 aromatic carbocycles. The third-order valence-electron chi connectivity index (χ3n) is 4.77. The molecule has 1 amide bonds. The van der Waals surface area contributed by atoms with E-state index in [9.17, 15) is 19.8 Å². The van der Waals surface area contributed by atoms with E-state index >= 15 is 0 Å². The summed E-state index contributed by atoms with van der Waals surface area (Å²) < 4.78 is 5.69. The third-order valence-corrected chi connectivity index (χ3v) is 5.24. The quantitative estimate of drug-likeness (QED) is 0.136. The number of amides is 1. The van der Waals surface area contributed by atoms with Gasteiger partial charge in [-0.25, -0.2) is 10.2 Å². The van der Waals surface area contributed by atoms with E-state index in [1.165, 1.54) is 0 Å². The number of nitrogens with one attached hydrogen (secondary N) is 1. The highest BCUT2D eigenvalue weighted by Crippen LogP contribution is 2.18. The van der Waals surface area contributed by atoms with Crippen LogP contribution in [0.15, 0.2) is 0 Å². The Morgan fingerprint density at radius 2 is 1.93 bits per heavy atom. The smallest absolute Gasteiger partial charge is 0.328 e. The van der Waals surface area contributed by atoms with Crippen LogP contribution < -0.4 is 11.2 Å². The van der Waals surface area contributed by atoms with Crippen LogP contribution in [0.25, 0.3) is 0 Å².